The number of fused-ring (bicyclic) bond motifs is 5. The Morgan fingerprint density at radius 1 is 1.03 bits per heavy atom. The van der Waals surface area contributed by atoms with Crippen LogP contribution in [0.2, 0.25) is 5.02 Å². The molecule has 5 nitrogen and oxygen atoms in total. The molecule has 0 radical (unpaired) electrons. The molecule has 2 aromatic carbocycles. The van der Waals surface area contributed by atoms with E-state index >= 15 is 0 Å². The van der Waals surface area contributed by atoms with Gasteiger partial charge in [0, 0.05) is 47.1 Å². The van der Waals surface area contributed by atoms with Crippen molar-refractivity contribution in [1.29, 1.82) is 0 Å². The highest BCUT2D eigenvalue weighted by atomic mass is 35.5. The lowest BCUT2D eigenvalue weighted by Crippen LogP contribution is -2.38. The maximum Gasteiger partial charge on any atom is 0.322 e. The lowest BCUT2D eigenvalue weighted by atomic mass is 9.95. The summed E-state index contributed by atoms with van der Waals surface area (Å²) >= 11 is 8.29. The van der Waals surface area contributed by atoms with Gasteiger partial charge >= 0.3 is 6.03 Å². The predicted octanol–water partition coefficient (Wildman–Crippen LogP) is 7.58. The summed E-state index contributed by atoms with van der Waals surface area (Å²) in [5.74, 6) is 0. The van der Waals surface area contributed by atoms with Crippen molar-refractivity contribution in [1.82, 2.24) is 9.47 Å². The number of halogens is 1. The van der Waals surface area contributed by atoms with E-state index in [-0.39, 0.29) is 12.1 Å². The van der Waals surface area contributed by atoms with Crippen LogP contribution in [0.3, 0.4) is 0 Å². The standard InChI is InChI=1S/C30H31ClN4OS/c1-19-24(31)9-6-10-25(19)32-30(36)35-18-23-22-8-4-5-12-27(22)37-29(23)34-17-7-11-26(34)28(35)20-13-15-21(16-14-20)33(2)3/h6-7,9-11,13-17,28H,4-5,8,12,18H2,1-3H3,(H,32,36)/t28-/m0/s1. The molecule has 1 atom stereocenters. The number of amides is 2. The third kappa shape index (κ3) is 4.22. The van der Waals surface area contributed by atoms with Crippen LogP contribution in [0.4, 0.5) is 16.2 Å². The second-order valence-corrected chi connectivity index (χ2v) is 11.6. The zero-order valence-corrected chi connectivity index (χ0v) is 23.0. The largest absolute Gasteiger partial charge is 0.378 e. The first-order valence-corrected chi connectivity index (χ1v) is 14.0. The van der Waals surface area contributed by atoms with Crippen molar-refractivity contribution in [2.45, 2.75) is 45.2 Å². The Bertz CT molecular complexity index is 1470. The van der Waals surface area contributed by atoms with Crippen LogP contribution in [0.25, 0.3) is 5.00 Å². The number of anilines is 2. The summed E-state index contributed by atoms with van der Waals surface area (Å²) in [6.07, 6.45) is 6.82. The number of hydrogen-bond acceptors (Lipinski definition) is 3. The number of nitrogens with one attached hydrogen (secondary N) is 1. The Kier molecular flexibility index (Phi) is 6.25. The second kappa shape index (κ2) is 9.58. The Morgan fingerprint density at radius 2 is 1.81 bits per heavy atom. The minimum Gasteiger partial charge on any atom is -0.378 e. The van der Waals surface area contributed by atoms with Gasteiger partial charge in [0.15, 0.2) is 0 Å². The van der Waals surface area contributed by atoms with Crippen LogP contribution in [0, 0.1) is 6.92 Å². The number of carbonyl (C=O) groups excluding carboxylic acids is 1. The third-order valence-corrected chi connectivity index (χ3v) is 9.42. The summed E-state index contributed by atoms with van der Waals surface area (Å²) < 4.78 is 2.32. The van der Waals surface area contributed by atoms with Gasteiger partial charge in [-0.05, 0) is 85.7 Å². The van der Waals surface area contributed by atoms with Crippen molar-refractivity contribution in [3.63, 3.8) is 0 Å². The molecule has 190 valence electrons. The fourth-order valence-corrected chi connectivity index (χ4v) is 7.20. The van der Waals surface area contributed by atoms with E-state index in [0.29, 0.717) is 11.6 Å². The molecular weight excluding hydrogens is 500 g/mol. The monoisotopic (exact) mass is 530 g/mol. The zero-order valence-electron chi connectivity index (χ0n) is 21.4. The van der Waals surface area contributed by atoms with Crippen LogP contribution in [0.1, 0.15) is 51.7 Å². The first-order chi connectivity index (χ1) is 17.9. The van der Waals surface area contributed by atoms with Crippen LogP contribution in [0.5, 0.6) is 0 Å². The van der Waals surface area contributed by atoms with Crippen molar-refractivity contribution in [2.75, 3.05) is 24.3 Å². The first-order valence-electron chi connectivity index (χ1n) is 12.8. The molecular formula is C30H31ClN4OS. The number of rotatable bonds is 3. The summed E-state index contributed by atoms with van der Waals surface area (Å²) in [5.41, 5.74) is 7.68. The maximum absolute atomic E-state index is 14.1. The highest BCUT2D eigenvalue weighted by Crippen LogP contribution is 2.44. The van der Waals surface area contributed by atoms with Crippen LogP contribution < -0.4 is 10.2 Å². The molecule has 1 aliphatic heterocycles. The number of hydrogen-bond donors (Lipinski definition) is 1. The normalized spacial score (nSPS) is 16.4. The summed E-state index contributed by atoms with van der Waals surface area (Å²) in [4.78, 5) is 19.7. The average molecular weight is 531 g/mol. The maximum atomic E-state index is 14.1. The molecule has 2 aliphatic rings. The van der Waals surface area contributed by atoms with Gasteiger partial charge in [-0.2, -0.15) is 0 Å². The lowest BCUT2D eigenvalue weighted by Gasteiger charge is -2.32. The molecule has 0 saturated heterocycles. The van der Waals surface area contributed by atoms with Crippen LogP contribution in [-0.2, 0) is 19.4 Å². The van der Waals surface area contributed by atoms with Crippen molar-refractivity contribution < 1.29 is 4.79 Å². The molecule has 37 heavy (non-hydrogen) atoms. The molecule has 0 fully saturated rings. The first kappa shape index (κ1) is 24.1. The molecule has 1 N–H and O–H groups in total. The lowest BCUT2D eigenvalue weighted by molar-refractivity contribution is 0.194. The van der Waals surface area contributed by atoms with Gasteiger partial charge in [0.05, 0.1) is 18.3 Å². The Morgan fingerprint density at radius 3 is 2.59 bits per heavy atom. The van der Waals surface area contributed by atoms with E-state index in [1.54, 1.807) is 0 Å². The highest BCUT2D eigenvalue weighted by Gasteiger charge is 2.36. The van der Waals surface area contributed by atoms with E-state index < -0.39 is 0 Å². The smallest absolute Gasteiger partial charge is 0.322 e. The molecule has 4 aromatic rings. The fourth-order valence-electron chi connectivity index (χ4n) is 5.62. The van der Waals surface area contributed by atoms with Gasteiger partial charge in [-0.1, -0.05) is 29.8 Å². The van der Waals surface area contributed by atoms with Gasteiger partial charge in [-0.25, -0.2) is 4.79 Å². The van der Waals surface area contributed by atoms with Gasteiger partial charge in [-0.3, -0.25) is 0 Å². The van der Waals surface area contributed by atoms with Gasteiger partial charge in [0.25, 0.3) is 0 Å². The van der Waals surface area contributed by atoms with Crippen molar-refractivity contribution in [3.8, 4) is 5.00 Å². The fraction of sp³-hybridized carbons (Fsp3) is 0.300. The zero-order chi connectivity index (χ0) is 25.7. The van der Waals surface area contributed by atoms with Crippen LogP contribution in [-0.4, -0.2) is 29.6 Å². The summed E-state index contributed by atoms with van der Waals surface area (Å²) in [6.45, 7) is 2.50. The molecule has 0 bridgehead atoms. The van der Waals surface area contributed by atoms with E-state index in [1.807, 2.05) is 55.5 Å². The molecule has 0 unspecified atom stereocenters. The molecule has 2 aromatic heterocycles. The number of carbonyl (C=O) groups is 1. The summed E-state index contributed by atoms with van der Waals surface area (Å²) in [7, 11) is 4.08. The van der Waals surface area contributed by atoms with E-state index in [2.05, 4.69) is 57.4 Å². The average Bonchev–Trinajstić information content (AvgIpc) is 3.48. The van der Waals surface area contributed by atoms with E-state index in [0.717, 1.165) is 41.0 Å². The highest BCUT2D eigenvalue weighted by molar-refractivity contribution is 7.15. The van der Waals surface area contributed by atoms with E-state index in [9.17, 15) is 4.79 Å². The topological polar surface area (TPSA) is 40.5 Å². The number of urea groups is 1. The van der Waals surface area contributed by atoms with Gasteiger partial charge in [0.2, 0.25) is 0 Å². The SMILES string of the molecule is Cc1c(Cl)cccc1NC(=O)N1Cc2c(sc3c2CCCC3)-n2cccc2[C@@H]1c1ccc(N(C)C)cc1. The summed E-state index contributed by atoms with van der Waals surface area (Å²) in [6, 6.07) is 18.1. The van der Waals surface area contributed by atoms with Crippen LogP contribution in [0.15, 0.2) is 60.8 Å². The Balaban J connectivity index is 1.49. The third-order valence-electron chi connectivity index (χ3n) is 7.67. The van der Waals surface area contributed by atoms with Gasteiger partial charge < -0.3 is 19.7 Å². The number of benzene rings is 2. The van der Waals surface area contributed by atoms with Crippen molar-refractivity contribution in [3.05, 3.63) is 98.6 Å². The molecule has 0 saturated carbocycles. The van der Waals surface area contributed by atoms with Gasteiger partial charge in [0.1, 0.15) is 5.00 Å². The minimum absolute atomic E-state index is 0.122. The predicted molar refractivity (Wildman–Crippen MR) is 154 cm³/mol. The Hall–Kier alpha value is -3.22. The minimum atomic E-state index is -0.232. The number of aryl methyl sites for hydroxylation is 1. The molecule has 2 amide bonds. The van der Waals surface area contributed by atoms with Gasteiger partial charge in [-0.15, -0.1) is 11.3 Å². The quantitative estimate of drug-likeness (QED) is 0.296. The number of aromatic nitrogens is 1. The van der Waals surface area contributed by atoms with E-state index in [1.165, 1.54) is 33.8 Å². The number of thiophene rings is 1. The second-order valence-electron chi connectivity index (χ2n) is 10.2. The molecule has 3 heterocycles. The molecule has 7 heteroatoms. The Labute approximate surface area is 227 Å². The summed E-state index contributed by atoms with van der Waals surface area (Å²) in [5, 5.41) is 5.10. The molecule has 0 spiro atoms. The van der Waals surface area contributed by atoms with Crippen molar-refractivity contribution in [2.24, 2.45) is 0 Å². The molecule has 1 aliphatic carbocycles. The molecule has 6 rings (SSSR count). The van der Waals surface area contributed by atoms with Crippen LogP contribution >= 0.6 is 22.9 Å². The van der Waals surface area contributed by atoms with Crippen molar-refractivity contribution >= 4 is 40.3 Å². The number of nitrogens with zero attached hydrogens (tertiary/aromatic N) is 3. The van der Waals surface area contributed by atoms with E-state index in [4.69, 9.17) is 11.6 Å².